The molecule has 1 aromatic rings. The molecule has 4 rings (SSSR count). The molecule has 1 saturated heterocycles. The summed E-state index contributed by atoms with van der Waals surface area (Å²) < 4.78 is 30.9. The molecule has 1 atom stereocenters. The second kappa shape index (κ2) is 8.30. The van der Waals surface area contributed by atoms with E-state index >= 15 is 0 Å². The Morgan fingerprint density at radius 2 is 1.83 bits per heavy atom. The topological polar surface area (TPSA) is 105 Å². The lowest BCUT2D eigenvalue weighted by Crippen LogP contribution is -2.52. The van der Waals surface area contributed by atoms with Crippen molar-refractivity contribution in [2.24, 2.45) is 5.92 Å². The second-order valence-corrected chi connectivity index (χ2v) is 10.9. The maximum atomic E-state index is 13.2. The van der Waals surface area contributed by atoms with Gasteiger partial charge in [-0.3, -0.25) is 9.69 Å². The third-order valence-electron chi connectivity index (χ3n) is 6.25. The molecule has 0 bridgehead atoms. The first-order valence-electron chi connectivity index (χ1n) is 10.8. The Balaban J connectivity index is 1.54. The van der Waals surface area contributed by atoms with Gasteiger partial charge in [0, 0.05) is 25.2 Å². The number of carbonyl (C=O) groups excluding carboxylic acids is 1. The highest BCUT2D eigenvalue weighted by Crippen LogP contribution is 2.39. The Morgan fingerprint density at radius 1 is 1.17 bits per heavy atom. The first-order valence-corrected chi connectivity index (χ1v) is 12.7. The van der Waals surface area contributed by atoms with E-state index in [0.29, 0.717) is 43.4 Å². The first-order chi connectivity index (χ1) is 14.2. The molecule has 2 aliphatic heterocycles. The van der Waals surface area contributed by atoms with E-state index in [0.717, 1.165) is 25.7 Å². The summed E-state index contributed by atoms with van der Waals surface area (Å²) in [4.78, 5) is 24.1. The quantitative estimate of drug-likeness (QED) is 0.751. The third kappa shape index (κ3) is 4.25. The summed E-state index contributed by atoms with van der Waals surface area (Å²) in [6.07, 6.45) is 7.94. The minimum absolute atomic E-state index is 0.0180. The number of hydrogen-bond donors (Lipinski definition) is 1. The van der Waals surface area contributed by atoms with E-state index in [9.17, 15) is 13.2 Å². The van der Waals surface area contributed by atoms with E-state index in [4.69, 9.17) is 4.74 Å². The summed E-state index contributed by atoms with van der Waals surface area (Å²) in [5.74, 6) is 1.60. The van der Waals surface area contributed by atoms with Gasteiger partial charge in [-0.2, -0.15) is 4.98 Å². The molecule has 1 aliphatic carbocycles. The molecular formula is C20H31N5O4S. The molecule has 9 nitrogen and oxygen atoms in total. The van der Waals surface area contributed by atoms with Gasteiger partial charge in [-0.05, 0) is 31.6 Å². The number of nitrogens with one attached hydrogen (secondary N) is 1. The van der Waals surface area contributed by atoms with Crippen molar-refractivity contribution in [3.8, 4) is 5.75 Å². The number of sulfonamides is 1. The highest BCUT2D eigenvalue weighted by Gasteiger charge is 2.42. The fraction of sp³-hybridized carbons (Fsp3) is 0.750. The van der Waals surface area contributed by atoms with Crippen LogP contribution in [0.5, 0.6) is 5.75 Å². The lowest BCUT2D eigenvalue weighted by molar-refractivity contribution is -0.128. The predicted octanol–water partition coefficient (Wildman–Crippen LogP) is 2.01. The molecule has 166 valence electrons. The van der Waals surface area contributed by atoms with Crippen LogP contribution in [-0.2, 0) is 14.8 Å². The molecule has 2 fully saturated rings. The number of fused-ring (bicyclic) bond motifs is 1. The van der Waals surface area contributed by atoms with Gasteiger partial charge in [0.15, 0.2) is 17.7 Å². The highest BCUT2D eigenvalue weighted by atomic mass is 32.2. The van der Waals surface area contributed by atoms with Crippen LogP contribution in [-0.4, -0.2) is 66.1 Å². The van der Waals surface area contributed by atoms with Gasteiger partial charge in [-0.15, -0.1) is 0 Å². The van der Waals surface area contributed by atoms with Gasteiger partial charge in [0.1, 0.15) is 0 Å². The highest BCUT2D eigenvalue weighted by molar-refractivity contribution is 7.88. The third-order valence-corrected chi connectivity index (χ3v) is 7.55. The van der Waals surface area contributed by atoms with Crippen molar-refractivity contribution in [1.82, 2.24) is 14.3 Å². The molecule has 1 aromatic heterocycles. The molecule has 3 heterocycles. The predicted molar refractivity (Wildman–Crippen MR) is 114 cm³/mol. The van der Waals surface area contributed by atoms with E-state index in [1.165, 1.54) is 10.6 Å². The molecule has 0 spiro atoms. The molecule has 10 heteroatoms. The summed E-state index contributed by atoms with van der Waals surface area (Å²) >= 11 is 0. The van der Waals surface area contributed by atoms with E-state index in [2.05, 4.69) is 15.3 Å². The first kappa shape index (κ1) is 21.3. The number of rotatable bonds is 5. The average Bonchev–Trinajstić information content (AvgIpc) is 3.21. The Morgan fingerprint density at radius 3 is 2.43 bits per heavy atom. The van der Waals surface area contributed by atoms with Crippen LogP contribution in [0, 0.1) is 5.92 Å². The van der Waals surface area contributed by atoms with E-state index in [1.807, 2.05) is 18.7 Å². The van der Waals surface area contributed by atoms with Crippen LogP contribution < -0.4 is 15.0 Å². The Labute approximate surface area is 178 Å². The number of aromatic nitrogens is 2. The van der Waals surface area contributed by atoms with Gasteiger partial charge in [0.2, 0.25) is 16.0 Å². The van der Waals surface area contributed by atoms with Crippen LogP contribution >= 0.6 is 0 Å². The van der Waals surface area contributed by atoms with Crippen LogP contribution in [0.1, 0.15) is 52.4 Å². The Bertz CT molecular complexity index is 892. The van der Waals surface area contributed by atoms with Crippen molar-refractivity contribution < 1.29 is 17.9 Å². The summed E-state index contributed by atoms with van der Waals surface area (Å²) in [6, 6.07) is 0.242. The maximum Gasteiger partial charge on any atom is 0.269 e. The summed E-state index contributed by atoms with van der Waals surface area (Å²) in [5, 5.41) is 3.33. The van der Waals surface area contributed by atoms with E-state index in [1.54, 1.807) is 6.20 Å². The molecule has 1 saturated carbocycles. The number of piperidine rings is 1. The van der Waals surface area contributed by atoms with Gasteiger partial charge < -0.3 is 10.1 Å². The van der Waals surface area contributed by atoms with Crippen LogP contribution in [0.3, 0.4) is 0 Å². The number of hydrogen-bond acceptors (Lipinski definition) is 7. The molecule has 0 radical (unpaired) electrons. The van der Waals surface area contributed by atoms with Crippen LogP contribution in [0.25, 0.3) is 0 Å². The number of carbonyl (C=O) groups is 1. The summed E-state index contributed by atoms with van der Waals surface area (Å²) in [6.45, 7) is 4.93. The number of ether oxygens (including phenoxy) is 1. The summed E-state index contributed by atoms with van der Waals surface area (Å²) in [7, 11) is -3.16. The molecule has 3 aliphatic rings. The second-order valence-electron chi connectivity index (χ2n) is 8.89. The van der Waals surface area contributed by atoms with Gasteiger partial charge in [-0.25, -0.2) is 17.7 Å². The van der Waals surface area contributed by atoms with Crippen molar-refractivity contribution in [2.45, 2.75) is 70.6 Å². The summed E-state index contributed by atoms with van der Waals surface area (Å²) in [5.41, 5.74) is 0. The zero-order valence-electron chi connectivity index (χ0n) is 17.9. The van der Waals surface area contributed by atoms with Crippen molar-refractivity contribution in [3.63, 3.8) is 0 Å². The maximum absolute atomic E-state index is 13.2. The molecule has 1 amide bonds. The largest absolute Gasteiger partial charge is 0.475 e. The van der Waals surface area contributed by atoms with Gasteiger partial charge in [0.25, 0.3) is 5.91 Å². The van der Waals surface area contributed by atoms with Crippen molar-refractivity contribution in [2.75, 3.05) is 29.6 Å². The Kier molecular flexibility index (Phi) is 5.89. The van der Waals surface area contributed by atoms with Gasteiger partial charge >= 0.3 is 0 Å². The zero-order valence-corrected chi connectivity index (χ0v) is 18.7. The fourth-order valence-electron chi connectivity index (χ4n) is 4.57. The van der Waals surface area contributed by atoms with E-state index < -0.39 is 16.1 Å². The monoisotopic (exact) mass is 437 g/mol. The number of nitrogens with zero attached hydrogens (tertiary/aromatic N) is 4. The molecule has 0 unspecified atom stereocenters. The van der Waals surface area contributed by atoms with Crippen molar-refractivity contribution in [3.05, 3.63) is 6.20 Å². The van der Waals surface area contributed by atoms with Crippen molar-refractivity contribution in [1.29, 1.82) is 0 Å². The molecular weight excluding hydrogens is 406 g/mol. The lowest BCUT2D eigenvalue weighted by atomic mass is 10.0. The minimum atomic E-state index is -3.16. The van der Waals surface area contributed by atoms with Gasteiger partial charge in [0.05, 0.1) is 12.5 Å². The average molecular weight is 438 g/mol. The van der Waals surface area contributed by atoms with Crippen LogP contribution in [0.2, 0.25) is 0 Å². The lowest BCUT2D eigenvalue weighted by Gasteiger charge is -2.38. The van der Waals surface area contributed by atoms with Crippen LogP contribution in [0.4, 0.5) is 11.8 Å². The van der Waals surface area contributed by atoms with Crippen LogP contribution in [0.15, 0.2) is 6.20 Å². The molecule has 1 N–H and O–H groups in total. The number of amides is 1. The SMILES string of the molecule is CC(C)[C@@H]1Oc2cnc(NC3CCN(S(C)(=O)=O)CC3)nc2N(C2CCCC2)C1=O. The minimum Gasteiger partial charge on any atom is -0.475 e. The smallest absolute Gasteiger partial charge is 0.269 e. The zero-order chi connectivity index (χ0) is 21.5. The number of anilines is 2. The van der Waals surface area contributed by atoms with Gasteiger partial charge in [-0.1, -0.05) is 26.7 Å². The molecule has 30 heavy (non-hydrogen) atoms. The normalized spacial score (nSPS) is 24.2. The standard InChI is InChI=1S/C20H31N5O4S/c1-13(2)17-19(26)25(15-6-4-5-7-15)18-16(29-17)12-21-20(23-18)22-14-8-10-24(11-9-14)30(3,27)28/h12-15,17H,4-11H2,1-3H3,(H,21,22,23)/t17-/m0/s1. The fourth-order valence-corrected chi connectivity index (χ4v) is 5.44. The Hall–Kier alpha value is -1.94. The van der Waals surface area contributed by atoms with Crippen molar-refractivity contribution >= 4 is 27.7 Å². The molecule has 0 aromatic carbocycles. The van der Waals surface area contributed by atoms with E-state index in [-0.39, 0.29) is 23.9 Å².